The maximum Gasteiger partial charge on any atom is 0.137 e. The van der Waals surface area contributed by atoms with Crippen molar-refractivity contribution < 1.29 is 25.0 Å². The van der Waals surface area contributed by atoms with E-state index in [1.54, 1.807) is 12.1 Å². The van der Waals surface area contributed by atoms with Crippen LogP contribution in [0.15, 0.2) is 18.2 Å². The van der Waals surface area contributed by atoms with Gasteiger partial charge in [-0.1, -0.05) is 11.6 Å². The average Bonchev–Trinajstić information content (AvgIpc) is 2.41. The molecule has 0 unspecified atom stereocenters. The molecule has 0 spiro atoms. The Balaban J connectivity index is 2.41. The number of aliphatic hydroxyl groups is 3. The van der Waals surface area contributed by atoms with Crippen LogP contribution in [0, 0.1) is 6.92 Å². The van der Waals surface area contributed by atoms with E-state index in [1.807, 2.05) is 13.0 Å². The van der Waals surface area contributed by atoms with Gasteiger partial charge in [0.1, 0.15) is 38.1 Å². The molecule has 4 N–H and O–H groups in total. The average molecular weight is 305 g/mol. The predicted molar refractivity (Wildman–Crippen MR) is 77.4 cm³/mol. The smallest absolute Gasteiger partial charge is 0.137 e. The molecule has 0 fully saturated rings. The van der Waals surface area contributed by atoms with Crippen LogP contribution >= 0.6 is 11.6 Å². The zero-order valence-electron chi connectivity index (χ0n) is 11.7. The molecule has 20 heavy (non-hydrogen) atoms. The summed E-state index contributed by atoms with van der Waals surface area (Å²) in [4.78, 5) is 0.943. The molecule has 0 radical (unpaired) electrons. The second-order valence-electron chi connectivity index (χ2n) is 4.78. The summed E-state index contributed by atoms with van der Waals surface area (Å²) in [6.07, 6.45) is -0.654. The summed E-state index contributed by atoms with van der Waals surface area (Å²) in [5, 5.41) is 28.4. The van der Waals surface area contributed by atoms with Gasteiger partial charge in [-0.2, -0.15) is 0 Å². The van der Waals surface area contributed by atoms with Gasteiger partial charge in [0.2, 0.25) is 0 Å². The standard InChI is InChI=1S/C14H22ClNO4/c1-11-8-13(2-3-14(11)15)20-10-12(19)9-16(4-6-17)5-7-18/h2-3,8,12,17-19H,4-7,9-10H2,1H3/p+1/t12-/m1/s1. The fraction of sp³-hybridized carbons (Fsp3) is 0.571. The third-order valence-electron chi connectivity index (χ3n) is 3.03. The van der Waals surface area contributed by atoms with Crippen molar-refractivity contribution in [2.75, 3.05) is 39.5 Å². The van der Waals surface area contributed by atoms with E-state index in [9.17, 15) is 5.11 Å². The zero-order chi connectivity index (χ0) is 15.0. The van der Waals surface area contributed by atoms with Gasteiger partial charge in [-0.25, -0.2) is 0 Å². The minimum atomic E-state index is -0.654. The van der Waals surface area contributed by atoms with Gasteiger partial charge in [0.15, 0.2) is 0 Å². The molecule has 5 nitrogen and oxygen atoms in total. The number of halogens is 1. The van der Waals surface area contributed by atoms with Crippen molar-refractivity contribution in [1.29, 1.82) is 0 Å². The SMILES string of the molecule is Cc1cc(OC[C@H](O)C[NH+](CCO)CCO)ccc1Cl. The molecule has 0 amide bonds. The summed E-state index contributed by atoms with van der Waals surface area (Å²) in [6, 6.07) is 5.34. The number of quaternary nitrogens is 1. The summed E-state index contributed by atoms with van der Waals surface area (Å²) >= 11 is 5.93. The molecule has 0 saturated heterocycles. The molecule has 0 aromatic heterocycles. The first-order chi connectivity index (χ1) is 9.56. The van der Waals surface area contributed by atoms with Gasteiger partial charge in [-0.15, -0.1) is 0 Å². The first-order valence-electron chi connectivity index (χ1n) is 6.69. The quantitative estimate of drug-likeness (QED) is 0.485. The Bertz CT molecular complexity index is 397. The van der Waals surface area contributed by atoms with Crippen LogP contribution in [0.3, 0.4) is 0 Å². The van der Waals surface area contributed by atoms with E-state index >= 15 is 0 Å². The fourth-order valence-electron chi connectivity index (χ4n) is 1.94. The summed E-state index contributed by atoms with van der Waals surface area (Å²) in [5.74, 6) is 0.664. The molecule has 0 aliphatic rings. The van der Waals surface area contributed by atoms with Crippen LogP contribution in [0.1, 0.15) is 5.56 Å². The molecule has 0 aliphatic heterocycles. The van der Waals surface area contributed by atoms with Crippen molar-refractivity contribution in [3.8, 4) is 5.75 Å². The summed E-state index contributed by atoms with van der Waals surface area (Å²) in [5.41, 5.74) is 0.923. The number of hydrogen-bond donors (Lipinski definition) is 4. The van der Waals surface area contributed by atoms with Crippen LogP contribution in [0.2, 0.25) is 5.02 Å². The normalized spacial score (nSPS) is 12.7. The Hall–Kier alpha value is -0.850. The zero-order valence-corrected chi connectivity index (χ0v) is 12.4. The monoisotopic (exact) mass is 304 g/mol. The lowest BCUT2D eigenvalue weighted by Crippen LogP contribution is -3.14. The van der Waals surface area contributed by atoms with Crippen molar-refractivity contribution >= 4 is 11.6 Å². The van der Waals surface area contributed by atoms with E-state index in [0.29, 0.717) is 30.4 Å². The molecule has 1 aromatic carbocycles. The van der Waals surface area contributed by atoms with Gasteiger partial charge in [-0.05, 0) is 30.7 Å². The Morgan fingerprint density at radius 3 is 2.45 bits per heavy atom. The van der Waals surface area contributed by atoms with Crippen molar-refractivity contribution in [2.45, 2.75) is 13.0 Å². The largest absolute Gasteiger partial charge is 0.491 e. The number of aryl methyl sites for hydroxylation is 1. The number of rotatable bonds is 9. The summed E-state index contributed by atoms with van der Waals surface area (Å²) in [7, 11) is 0. The van der Waals surface area contributed by atoms with Crippen LogP contribution in [0.4, 0.5) is 0 Å². The third kappa shape index (κ3) is 6.07. The van der Waals surface area contributed by atoms with Crippen LogP contribution < -0.4 is 9.64 Å². The lowest BCUT2D eigenvalue weighted by molar-refractivity contribution is -0.903. The number of aliphatic hydroxyl groups excluding tert-OH is 3. The number of hydrogen-bond acceptors (Lipinski definition) is 4. The molecule has 1 atom stereocenters. The Kier molecular flexibility index (Phi) is 7.87. The second-order valence-corrected chi connectivity index (χ2v) is 5.18. The van der Waals surface area contributed by atoms with Gasteiger partial charge in [0, 0.05) is 5.02 Å². The Morgan fingerprint density at radius 2 is 1.90 bits per heavy atom. The van der Waals surface area contributed by atoms with Gasteiger partial charge < -0.3 is 25.0 Å². The molecule has 0 heterocycles. The van der Waals surface area contributed by atoms with E-state index in [1.165, 1.54) is 0 Å². The van der Waals surface area contributed by atoms with Crippen molar-refractivity contribution in [3.05, 3.63) is 28.8 Å². The lowest BCUT2D eigenvalue weighted by Gasteiger charge is -2.21. The highest BCUT2D eigenvalue weighted by molar-refractivity contribution is 6.31. The van der Waals surface area contributed by atoms with Crippen LogP contribution in [-0.2, 0) is 0 Å². The third-order valence-corrected chi connectivity index (χ3v) is 3.45. The molecular formula is C14H23ClNO4+. The highest BCUT2D eigenvalue weighted by Gasteiger charge is 2.15. The molecule has 6 heteroatoms. The Morgan fingerprint density at radius 1 is 1.25 bits per heavy atom. The van der Waals surface area contributed by atoms with Gasteiger partial charge in [0.25, 0.3) is 0 Å². The molecule has 0 bridgehead atoms. The summed E-state index contributed by atoms with van der Waals surface area (Å²) in [6.45, 7) is 3.53. The van der Waals surface area contributed by atoms with Gasteiger partial charge in [0.05, 0.1) is 13.2 Å². The fourth-order valence-corrected chi connectivity index (χ4v) is 2.05. The van der Waals surface area contributed by atoms with E-state index in [4.69, 9.17) is 26.6 Å². The number of ether oxygens (including phenoxy) is 1. The van der Waals surface area contributed by atoms with Crippen LogP contribution in [0.25, 0.3) is 0 Å². The molecule has 0 aliphatic carbocycles. The highest BCUT2D eigenvalue weighted by Crippen LogP contribution is 2.20. The van der Waals surface area contributed by atoms with Crippen molar-refractivity contribution in [3.63, 3.8) is 0 Å². The molecule has 1 aromatic rings. The minimum absolute atomic E-state index is 0.0271. The first-order valence-corrected chi connectivity index (χ1v) is 7.07. The minimum Gasteiger partial charge on any atom is -0.491 e. The predicted octanol–water partition coefficient (Wildman–Crippen LogP) is -0.742. The molecule has 1 rings (SSSR count). The van der Waals surface area contributed by atoms with Crippen molar-refractivity contribution in [2.24, 2.45) is 0 Å². The van der Waals surface area contributed by atoms with E-state index < -0.39 is 6.10 Å². The summed E-state index contributed by atoms with van der Waals surface area (Å²) < 4.78 is 5.51. The van der Waals surface area contributed by atoms with Gasteiger partial charge >= 0.3 is 0 Å². The molecule has 114 valence electrons. The lowest BCUT2D eigenvalue weighted by atomic mass is 10.2. The van der Waals surface area contributed by atoms with E-state index in [0.717, 1.165) is 10.5 Å². The second kappa shape index (κ2) is 9.15. The molecule has 0 saturated carbocycles. The van der Waals surface area contributed by atoms with Crippen LogP contribution in [-0.4, -0.2) is 60.9 Å². The van der Waals surface area contributed by atoms with Crippen molar-refractivity contribution in [1.82, 2.24) is 0 Å². The molecular weight excluding hydrogens is 282 g/mol. The maximum atomic E-state index is 9.92. The van der Waals surface area contributed by atoms with Gasteiger partial charge in [-0.3, -0.25) is 0 Å². The van der Waals surface area contributed by atoms with E-state index in [-0.39, 0.29) is 19.8 Å². The van der Waals surface area contributed by atoms with E-state index in [2.05, 4.69) is 0 Å². The Labute approximate surface area is 124 Å². The van der Waals surface area contributed by atoms with Crippen LogP contribution in [0.5, 0.6) is 5.75 Å². The first kappa shape index (κ1) is 17.2. The maximum absolute atomic E-state index is 9.92. The number of nitrogens with one attached hydrogen (secondary N) is 1. The topological polar surface area (TPSA) is 74.4 Å². The highest BCUT2D eigenvalue weighted by atomic mass is 35.5. The number of benzene rings is 1.